The maximum absolute atomic E-state index is 12.4. The number of non-ortho nitro benzene ring substituents is 1. The summed E-state index contributed by atoms with van der Waals surface area (Å²) in [4.78, 5) is 21.8. The Labute approximate surface area is 186 Å². The van der Waals surface area contributed by atoms with Gasteiger partial charge in [0.05, 0.1) is 31.3 Å². The molecule has 32 heavy (non-hydrogen) atoms. The maximum Gasteiger partial charge on any atom is 0.524 e. The van der Waals surface area contributed by atoms with E-state index < -0.39 is 13.0 Å². The van der Waals surface area contributed by atoms with Gasteiger partial charge in [-0.3, -0.25) is 15.0 Å². The lowest BCUT2D eigenvalue weighted by atomic mass is 10.1. The molecule has 1 aromatic heterocycles. The molecule has 1 atom stereocenters. The summed E-state index contributed by atoms with van der Waals surface area (Å²) in [6.07, 6.45) is 0.156. The third-order valence-electron chi connectivity index (χ3n) is 4.60. The predicted molar refractivity (Wildman–Crippen MR) is 119 cm³/mol. The van der Waals surface area contributed by atoms with Crippen LogP contribution in [0.1, 0.15) is 18.1 Å². The van der Waals surface area contributed by atoms with Crippen LogP contribution in [0.2, 0.25) is 0 Å². The minimum absolute atomic E-state index is 0.122. The molecule has 0 amide bonds. The van der Waals surface area contributed by atoms with Crippen LogP contribution in [-0.2, 0) is 22.2 Å². The Morgan fingerprint density at radius 2 is 1.75 bits per heavy atom. The number of nitrogens with zero attached hydrogens (tertiary/aromatic N) is 4. The summed E-state index contributed by atoms with van der Waals surface area (Å²) >= 11 is 0. The average molecular weight is 459 g/mol. The highest BCUT2D eigenvalue weighted by atomic mass is 31.1. The molecule has 0 N–H and O–H groups in total. The van der Waals surface area contributed by atoms with E-state index in [2.05, 4.69) is 9.97 Å². The summed E-state index contributed by atoms with van der Waals surface area (Å²) in [5, 5.41) is 11.5. The lowest BCUT2D eigenvalue weighted by molar-refractivity contribution is -0.384. The van der Waals surface area contributed by atoms with Crippen LogP contribution >= 0.6 is 8.03 Å². The Kier molecular flexibility index (Phi) is 7.99. The van der Waals surface area contributed by atoms with Crippen LogP contribution in [-0.4, -0.2) is 46.9 Å². The van der Waals surface area contributed by atoms with Crippen molar-refractivity contribution in [1.82, 2.24) is 14.9 Å². The summed E-state index contributed by atoms with van der Waals surface area (Å²) in [5.41, 5.74) is 2.19. The highest BCUT2D eigenvalue weighted by Gasteiger charge is 2.25. The monoisotopic (exact) mass is 459 g/mol. The normalized spacial score (nSPS) is 11.6. The Morgan fingerprint density at radius 1 is 1.06 bits per heavy atom. The zero-order valence-corrected chi connectivity index (χ0v) is 18.9. The predicted octanol–water partition coefficient (Wildman–Crippen LogP) is 4.29. The molecule has 11 heteroatoms. The lowest BCUT2D eigenvalue weighted by Crippen LogP contribution is -2.23. The van der Waals surface area contributed by atoms with Crippen LogP contribution in [0.15, 0.2) is 42.5 Å². The van der Waals surface area contributed by atoms with Crippen molar-refractivity contribution in [3.63, 3.8) is 0 Å². The van der Waals surface area contributed by atoms with Crippen LogP contribution in [0.3, 0.4) is 0 Å². The molecule has 2 aromatic carbocycles. The van der Waals surface area contributed by atoms with Gasteiger partial charge < -0.3 is 9.47 Å². The fourth-order valence-corrected chi connectivity index (χ4v) is 4.16. The highest BCUT2D eigenvalue weighted by Crippen LogP contribution is 2.32. The fraction of sp³-hybridized carbons (Fsp3) is 0.333. The standard InChI is InChI=1S/C21H24N4O6P/c1-4-31-32(28)14-24(12-15-8-6-5-7-9-15)13-16-10-17(25(26)27)11-18-19(16)23-21(30-3)20(22-18)29-2/h5-11H,4,12-14H2,1-3H3/q+1. The second-order valence-corrected chi connectivity index (χ2v) is 8.04. The molecule has 0 fully saturated rings. The number of aromatic nitrogens is 2. The average Bonchev–Trinajstić information content (AvgIpc) is 2.78. The first-order chi connectivity index (χ1) is 15.4. The number of nitro groups is 1. The fourth-order valence-electron chi connectivity index (χ4n) is 3.26. The minimum Gasteiger partial charge on any atom is -0.477 e. The molecular weight excluding hydrogens is 435 g/mol. The molecule has 0 radical (unpaired) electrons. The number of ether oxygens (including phenoxy) is 2. The van der Waals surface area contributed by atoms with Crippen molar-refractivity contribution in [3.8, 4) is 11.8 Å². The molecule has 0 bridgehead atoms. The van der Waals surface area contributed by atoms with Crippen LogP contribution in [0.5, 0.6) is 11.8 Å². The molecule has 3 aromatic rings. The minimum atomic E-state index is -1.93. The van der Waals surface area contributed by atoms with E-state index in [9.17, 15) is 14.7 Å². The van der Waals surface area contributed by atoms with Gasteiger partial charge in [0.15, 0.2) is 0 Å². The summed E-state index contributed by atoms with van der Waals surface area (Å²) < 4.78 is 28.1. The number of rotatable bonds is 11. The van der Waals surface area contributed by atoms with E-state index in [1.165, 1.54) is 26.4 Å². The Hall–Kier alpha value is -3.20. The largest absolute Gasteiger partial charge is 0.524 e. The molecule has 0 saturated heterocycles. The van der Waals surface area contributed by atoms with Crippen molar-refractivity contribution in [2.75, 3.05) is 27.1 Å². The van der Waals surface area contributed by atoms with Crippen molar-refractivity contribution in [3.05, 3.63) is 63.7 Å². The molecule has 3 rings (SSSR count). The van der Waals surface area contributed by atoms with Crippen molar-refractivity contribution < 1.29 is 23.5 Å². The molecule has 0 saturated carbocycles. The molecule has 1 heterocycles. The first-order valence-electron chi connectivity index (χ1n) is 9.86. The molecule has 0 spiro atoms. The number of fused-ring (bicyclic) bond motifs is 1. The van der Waals surface area contributed by atoms with Gasteiger partial charge in [-0.15, -0.1) is 4.52 Å². The highest BCUT2D eigenvalue weighted by molar-refractivity contribution is 7.39. The van der Waals surface area contributed by atoms with Gasteiger partial charge in [-0.1, -0.05) is 30.3 Å². The Morgan fingerprint density at radius 3 is 2.38 bits per heavy atom. The first-order valence-corrected chi connectivity index (χ1v) is 11.2. The van der Waals surface area contributed by atoms with E-state index in [-0.39, 0.29) is 30.3 Å². The van der Waals surface area contributed by atoms with Crippen molar-refractivity contribution in [2.45, 2.75) is 20.0 Å². The Balaban J connectivity index is 2.06. The van der Waals surface area contributed by atoms with Crippen LogP contribution in [0.4, 0.5) is 5.69 Å². The molecule has 1 unspecified atom stereocenters. The van der Waals surface area contributed by atoms with Gasteiger partial charge in [0.1, 0.15) is 5.52 Å². The molecular formula is C21H24N4O6P+. The van der Waals surface area contributed by atoms with Gasteiger partial charge in [0, 0.05) is 30.8 Å². The molecule has 10 nitrogen and oxygen atoms in total. The van der Waals surface area contributed by atoms with E-state index in [0.717, 1.165) is 5.56 Å². The van der Waals surface area contributed by atoms with Crippen molar-refractivity contribution in [1.29, 1.82) is 0 Å². The van der Waals surface area contributed by atoms with E-state index in [0.29, 0.717) is 29.7 Å². The van der Waals surface area contributed by atoms with Gasteiger partial charge in [0.25, 0.3) is 17.4 Å². The van der Waals surface area contributed by atoms with Gasteiger partial charge in [-0.2, -0.15) is 0 Å². The Bertz CT molecular complexity index is 1110. The SMILES string of the molecule is CCO[P+](=O)CN(Cc1ccccc1)Cc1cc([N+](=O)[O-])cc2nc(OC)c(OC)nc12. The van der Waals surface area contributed by atoms with Crippen LogP contribution < -0.4 is 9.47 Å². The van der Waals surface area contributed by atoms with Crippen LogP contribution in [0, 0.1) is 10.1 Å². The number of hydrogen-bond acceptors (Lipinski definition) is 9. The number of hydrogen-bond donors (Lipinski definition) is 0. The lowest BCUT2D eigenvalue weighted by Gasteiger charge is -2.18. The first kappa shape index (κ1) is 23.5. The third kappa shape index (κ3) is 5.73. The molecule has 0 aliphatic rings. The summed E-state index contributed by atoms with van der Waals surface area (Å²) in [5.74, 6) is 0.303. The second-order valence-electron chi connectivity index (χ2n) is 6.84. The van der Waals surface area contributed by atoms with Gasteiger partial charge in [-0.05, 0) is 17.1 Å². The van der Waals surface area contributed by atoms with E-state index in [4.69, 9.17) is 14.0 Å². The topological polar surface area (TPSA) is 117 Å². The van der Waals surface area contributed by atoms with Gasteiger partial charge in [-0.25, -0.2) is 9.97 Å². The third-order valence-corrected chi connectivity index (χ3v) is 5.78. The smallest absolute Gasteiger partial charge is 0.477 e. The maximum atomic E-state index is 12.4. The number of methoxy groups -OCH3 is 2. The number of nitro benzene ring substituents is 1. The van der Waals surface area contributed by atoms with Crippen LogP contribution in [0.25, 0.3) is 11.0 Å². The summed E-state index contributed by atoms with van der Waals surface area (Å²) in [7, 11) is 0.930. The molecule has 0 aliphatic carbocycles. The molecule has 168 valence electrons. The summed E-state index contributed by atoms with van der Waals surface area (Å²) in [6, 6.07) is 12.5. The van der Waals surface area contributed by atoms with E-state index in [1.54, 1.807) is 6.92 Å². The summed E-state index contributed by atoms with van der Waals surface area (Å²) in [6.45, 7) is 2.82. The second kappa shape index (κ2) is 10.9. The van der Waals surface area contributed by atoms with E-state index >= 15 is 0 Å². The van der Waals surface area contributed by atoms with E-state index in [1.807, 2.05) is 35.2 Å². The number of benzene rings is 2. The van der Waals surface area contributed by atoms with Gasteiger partial charge >= 0.3 is 8.03 Å². The van der Waals surface area contributed by atoms with Crippen molar-refractivity contribution in [2.24, 2.45) is 0 Å². The quantitative estimate of drug-likeness (QED) is 0.235. The molecule has 0 aliphatic heterocycles. The zero-order valence-electron chi connectivity index (χ0n) is 18.1. The zero-order chi connectivity index (χ0) is 23.1. The van der Waals surface area contributed by atoms with Gasteiger partial charge in [0.2, 0.25) is 6.29 Å². The van der Waals surface area contributed by atoms with Crippen molar-refractivity contribution >= 4 is 24.7 Å².